The van der Waals surface area contributed by atoms with Crippen molar-refractivity contribution in [2.75, 3.05) is 18.0 Å². The number of carbonyl (C=O) groups is 1. The van der Waals surface area contributed by atoms with Gasteiger partial charge in [-0.15, -0.1) is 0 Å². The van der Waals surface area contributed by atoms with Gasteiger partial charge in [0.25, 0.3) is 0 Å². The Labute approximate surface area is 131 Å². The van der Waals surface area contributed by atoms with E-state index in [1.165, 1.54) is 25.3 Å². The highest BCUT2D eigenvalue weighted by atomic mass is 19.1. The number of anilines is 1. The number of rotatable bonds is 3. The molecular weight excluding hydrogens is 279 g/mol. The standard InChI is InChI=1S/C18H25FN2O/c19-16-10-4-5-11-17(16)21-12-6-7-14(13-21)18(22)20-15-8-2-1-3-9-15/h4-5,10-11,14-15H,1-3,6-9,12-13H2,(H,20,22). The van der Waals surface area contributed by atoms with Crippen LogP contribution in [0.4, 0.5) is 10.1 Å². The average Bonchev–Trinajstić information content (AvgIpc) is 2.56. The molecule has 0 spiro atoms. The second kappa shape index (κ2) is 7.12. The van der Waals surface area contributed by atoms with Gasteiger partial charge in [0.1, 0.15) is 5.82 Å². The highest BCUT2D eigenvalue weighted by Crippen LogP contribution is 2.26. The maximum absolute atomic E-state index is 13.9. The third-order valence-corrected chi connectivity index (χ3v) is 4.94. The van der Waals surface area contributed by atoms with Crippen LogP contribution >= 0.6 is 0 Å². The molecule has 2 aliphatic rings. The van der Waals surface area contributed by atoms with Crippen LogP contribution in [0.25, 0.3) is 0 Å². The Morgan fingerprint density at radius 1 is 1.09 bits per heavy atom. The SMILES string of the molecule is O=C(NC1CCCCC1)C1CCCN(c2ccccc2F)C1. The molecular formula is C18H25FN2O. The first-order chi connectivity index (χ1) is 10.7. The molecule has 4 heteroatoms. The molecule has 0 bridgehead atoms. The summed E-state index contributed by atoms with van der Waals surface area (Å²) in [7, 11) is 0. The van der Waals surface area contributed by atoms with E-state index in [1.807, 2.05) is 11.0 Å². The van der Waals surface area contributed by atoms with Gasteiger partial charge in [-0.05, 0) is 37.8 Å². The number of amides is 1. The minimum atomic E-state index is -0.198. The second-order valence-corrected chi connectivity index (χ2v) is 6.58. The number of nitrogens with one attached hydrogen (secondary N) is 1. The molecule has 1 heterocycles. The van der Waals surface area contributed by atoms with Crippen molar-refractivity contribution in [1.29, 1.82) is 0 Å². The number of hydrogen-bond acceptors (Lipinski definition) is 2. The van der Waals surface area contributed by atoms with E-state index in [1.54, 1.807) is 12.1 Å². The third-order valence-electron chi connectivity index (χ3n) is 4.94. The molecule has 1 aromatic carbocycles. The molecule has 3 nitrogen and oxygen atoms in total. The lowest BCUT2D eigenvalue weighted by Gasteiger charge is -2.35. The lowest BCUT2D eigenvalue weighted by molar-refractivity contribution is -0.126. The van der Waals surface area contributed by atoms with Crippen LogP contribution in [0.15, 0.2) is 24.3 Å². The van der Waals surface area contributed by atoms with Gasteiger partial charge >= 0.3 is 0 Å². The van der Waals surface area contributed by atoms with Crippen LogP contribution in [0.3, 0.4) is 0 Å². The number of halogens is 1. The van der Waals surface area contributed by atoms with Crippen LogP contribution in [-0.2, 0) is 4.79 Å². The van der Waals surface area contributed by atoms with Crippen molar-refractivity contribution in [2.45, 2.75) is 51.0 Å². The van der Waals surface area contributed by atoms with Gasteiger partial charge in [-0.2, -0.15) is 0 Å². The molecule has 2 fully saturated rings. The van der Waals surface area contributed by atoms with Gasteiger partial charge in [-0.3, -0.25) is 4.79 Å². The molecule has 1 N–H and O–H groups in total. The number of carbonyl (C=O) groups excluding carboxylic acids is 1. The minimum Gasteiger partial charge on any atom is -0.368 e. The van der Waals surface area contributed by atoms with E-state index < -0.39 is 0 Å². The molecule has 0 radical (unpaired) electrons. The molecule has 1 saturated carbocycles. The first-order valence-electron chi connectivity index (χ1n) is 8.54. The van der Waals surface area contributed by atoms with Crippen molar-refractivity contribution in [3.05, 3.63) is 30.1 Å². The molecule has 22 heavy (non-hydrogen) atoms. The van der Waals surface area contributed by atoms with Crippen molar-refractivity contribution in [1.82, 2.24) is 5.32 Å². The number of nitrogens with zero attached hydrogens (tertiary/aromatic N) is 1. The van der Waals surface area contributed by atoms with E-state index in [0.717, 1.165) is 32.2 Å². The summed E-state index contributed by atoms with van der Waals surface area (Å²) < 4.78 is 13.9. The lowest BCUT2D eigenvalue weighted by atomic mass is 9.93. The Morgan fingerprint density at radius 3 is 2.64 bits per heavy atom. The van der Waals surface area contributed by atoms with Gasteiger partial charge < -0.3 is 10.2 Å². The normalized spacial score (nSPS) is 23.3. The van der Waals surface area contributed by atoms with E-state index in [4.69, 9.17) is 0 Å². The molecule has 1 aromatic rings. The number of benzene rings is 1. The van der Waals surface area contributed by atoms with E-state index >= 15 is 0 Å². The van der Waals surface area contributed by atoms with Gasteiger partial charge in [0.2, 0.25) is 5.91 Å². The van der Waals surface area contributed by atoms with Crippen LogP contribution in [0.5, 0.6) is 0 Å². The van der Waals surface area contributed by atoms with E-state index in [2.05, 4.69) is 5.32 Å². The van der Waals surface area contributed by atoms with Crippen molar-refractivity contribution < 1.29 is 9.18 Å². The zero-order valence-corrected chi connectivity index (χ0v) is 13.1. The summed E-state index contributed by atoms with van der Waals surface area (Å²) >= 11 is 0. The van der Waals surface area contributed by atoms with E-state index in [-0.39, 0.29) is 17.6 Å². The maximum atomic E-state index is 13.9. The Balaban J connectivity index is 1.60. The third kappa shape index (κ3) is 3.60. The minimum absolute atomic E-state index is 0.0183. The Kier molecular flexibility index (Phi) is 4.96. The second-order valence-electron chi connectivity index (χ2n) is 6.58. The Hall–Kier alpha value is -1.58. The molecule has 120 valence electrons. The molecule has 0 aromatic heterocycles. The summed E-state index contributed by atoms with van der Waals surface area (Å²) in [5, 5.41) is 3.22. The first-order valence-corrected chi connectivity index (χ1v) is 8.54. The van der Waals surface area contributed by atoms with E-state index in [0.29, 0.717) is 18.3 Å². The fourth-order valence-corrected chi connectivity index (χ4v) is 3.68. The molecule has 1 saturated heterocycles. The Bertz CT molecular complexity index is 514. The summed E-state index contributed by atoms with van der Waals surface area (Å²) in [5.41, 5.74) is 0.623. The van der Waals surface area contributed by atoms with Gasteiger partial charge in [0.15, 0.2) is 0 Å². The van der Waals surface area contributed by atoms with Crippen molar-refractivity contribution in [2.24, 2.45) is 5.92 Å². The molecule has 3 rings (SSSR count). The molecule has 1 amide bonds. The summed E-state index contributed by atoms with van der Waals surface area (Å²) in [5.74, 6) is -0.0564. The van der Waals surface area contributed by atoms with Crippen molar-refractivity contribution >= 4 is 11.6 Å². The Morgan fingerprint density at radius 2 is 1.86 bits per heavy atom. The van der Waals surface area contributed by atoms with Gasteiger partial charge in [0, 0.05) is 19.1 Å². The smallest absolute Gasteiger partial charge is 0.225 e. The van der Waals surface area contributed by atoms with Gasteiger partial charge in [-0.1, -0.05) is 31.4 Å². The van der Waals surface area contributed by atoms with Crippen molar-refractivity contribution in [3.8, 4) is 0 Å². The number of piperidine rings is 1. The van der Waals surface area contributed by atoms with E-state index in [9.17, 15) is 9.18 Å². The lowest BCUT2D eigenvalue weighted by Crippen LogP contribution is -2.46. The van der Waals surface area contributed by atoms with Crippen LogP contribution in [0, 0.1) is 11.7 Å². The summed E-state index contributed by atoms with van der Waals surface area (Å²) in [6, 6.07) is 7.20. The van der Waals surface area contributed by atoms with Gasteiger partial charge in [0.05, 0.1) is 11.6 Å². The average molecular weight is 304 g/mol. The predicted octanol–water partition coefficient (Wildman–Crippen LogP) is 3.49. The summed E-state index contributed by atoms with van der Waals surface area (Å²) in [6.45, 7) is 1.45. The zero-order chi connectivity index (χ0) is 15.4. The van der Waals surface area contributed by atoms with Crippen LogP contribution < -0.4 is 10.2 Å². The van der Waals surface area contributed by atoms with Crippen molar-refractivity contribution in [3.63, 3.8) is 0 Å². The molecule has 1 unspecified atom stereocenters. The summed E-state index contributed by atoms with van der Waals surface area (Å²) in [6.07, 6.45) is 7.79. The fourth-order valence-electron chi connectivity index (χ4n) is 3.68. The maximum Gasteiger partial charge on any atom is 0.225 e. The van der Waals surface area contributed by atoms with Crippen LogP contribution in [0.2, 0.25) is 0 Å². The highest BCUT2D eigenvalue weighted by molar-refractivity contribution is 5.80. The predicted molar refractivity (Wildman–Crippen MR) is 86.4 cm³/mol. The molecule has 1 atom stereocenters. The summed E-state index contributed by atoms with van der Waals surface area (Å²) in [4.78, 5) is 14.5. The largest absolute Gasteiger partial charge is 0.368 e. The molecule has 1 aliphatic heterocycles. The number of hydrogen-bond donors (Lipinski definition) is 1. The highest BCUT2D eigenvalue weighted by Gasteiger charge is 2.28. The zero-order valence-electron chi connectivity index (χ0n) is 13.1. The number of para-hydroxylation sites is 1. The quantitative estimate of drug-likeness (QED) is 0.927. The first kappa shape index (κ1) is 15.3. The fraction of sp³-hybridized carbons (Fsp3) is 0.611. The topological polar surface area (TPSA) is 32.3 Å². The van der Waals surface area contributed by atoms with Gasteiger partial charge in [-0.25, -0.2) is 4.39 Å². The van der Waals surface area contributed by atoms with Crippen LogP contribution in [0.1, 0.15) is 44.9 Å². The van der Waals surface area contributed by atoms with Crippen LogP contribution in [-0.4, -0.2) is 25.0 Å². The monoisotopic (exact) mass is 304 g/mol. The molecule has 1 aliphatic carbocycles.